The van der Waals surface area contributed by atoms with Crippen molar-refractivity contribution < 1.29 is 19.4 Å². The fraction of sp³-hybridized carbons (Fsp3) is 0.174. The van der Waals surface area contributed by atoms with Crippen LogP contribution >= 0.6 is 11.6 Å². The van der Waals surface area contributed by atoms with E-state index in [2.05, 4.69) is 0 Å². The first kappa shape index (κ1) is 19.9. The molecule has 0 aliphatic heterocycles. The predicted molar refractivity (Wildman–Crippen MR) is 111 cm³/mol. The van der Waals surface area contributed by atoms with Crippen molar-refractivity contribution in [3.05, 3.63) is 77.3 Å². The fourth-order valence-electron chi connectivity index (χ4n) is 2.97. The van der Waals surface area contributed by atoms with Gasteiger partial charge in [-0.1, -0.05) is 54.1 Å². The second kappa shape index (κ2) is 9.40. The maximum absolute atomic E-state index is 12.5. The van der Waals surface area contributed by atoms with Gasteiger partial charge in [-0.2, -0.15) is 0 Å². The topological polar surface area (TPSA) is 55.8 Å². The summed E-state index contributed by atoms with van der Waals surface area (Å²) in [5.74, 6) is 0.173. The third-order valence-electron chi connectivity index (χ3n) is 4.16. The number of rotatable bonds is 7. The van der Waals surface area contributed by atoms with Crippen molar-refractivity contribution >= 4 is 17.6 Å². The Morgan fingerprint density at radius 1 is 0.964 bits per heavy atom. The quantitative estimate of drug-likeness (QED) is 0.556. The number of benzene rings is 3. The van der Waals surface area contributed by atoms with Crippen LogP contribution in [0.1, 0.15) is 17.3 Å². The number of esters is 1. The monoisotopic (exact) mass is 396 g/mol. The lowest BCUT2D eigenvalue weighted by Crippen LogP contribution is -2.08. The van der Waals surface area contributed by atoms with E-state index in [4.69, 9.17) is 21.1 Å². The fourth-order valence-corrected chi connectivity index (χ4v) is 3.16. The summed E-state index contributed by atoms with van der Waals surface area (Å²) < 4.78 is 11.1. The molecule has 4 nitrogen and oxygen atoms in total. The van der Waals surface area contributed by atoms with Crippen LogP contribution in [0.15, 0.2) is 66.7 Å². The minimum Gasteiger partial charge on any atom is -0.490 e. The maximum atomic E-state index is 12.5. The van der Waals surface area contributed by atoms with Crippen molar-refractivity contribution in [1.82, 2.24) is 0 Å². The summed E-state index contributed by atoms with van der Waals surface area (Å²) in [6, 6.07) is 20.5. The Bertz CT molecular complexity index is 954. The van der Waals surface area contributed by atoms with Crippen LogP contribution in [0, 0.1) is 0 Å². The molecule has 0 fully saturated rings. The molecular formula is C23H21ClO4. The minimum absolute atomic E-state index is 0.122. The van der Waals surface area contributed by atoms with Gasteiger partial charge in [0.2, 0.25) is 0 Å². The van der Waals surface area contributed by atoms with Crippen molar-refractivity contribution in [2.24, 2.45) is 0 Å². The summed E-state index contributed by atoms with van der Waals surface area (Å²) in [6.45, 7) is 2.07. The van der Waals surface area contributed by atoms with Crippen LogP contribution in [0.3, 0.4) is 0 Å². The number of hydrogen-bond donors (Lipinski definition) is 1. The molecule has 3 aromatic carbocycles. The molecule has 5 heteroatoms. The molecule has 0 spiro atoms. The van der Waals surface area contributed by atoms with Gasteiger partial charge in [0.25, 0.3) is 0 Å². The number of halogens is 1. The largest absolute Gasteiger partial charge is 0.490 e. The van der Waals surface area contributed by atoms with Gasteiger partial charge in [-0.05, 0) is 42.3 Å². The molecule has 0 saturated heterocycles. The zero-order chi connectivity index (χ0) is 19.9. The summed E-state index contributed by atoms with van der Waals surface area (Å²) in [6.07, 6.45) is 0. The molecule has 28 heavy (non-hydrogen) atoms. The normalized spacial score (nSPS) is 10.5. The van der Waals surface area contributed by atoms with E-state index in [0.29, 0.717) is 21.9 Å². The van der Waals surface area contributed by atoms with Gasteiger partial charge in [-0.25, -0.2) is 4.79 Å². The molecule has 0 bridgehead atoms. The summed E-state index contributed by atoms with van der Waals surface area (Å²) in [5.41, 5.74) is 3.58. The Kier molecular flexibility index (Phi) is 6.69. The number of aliphatic hydroxyl groups is 1. The average molecular weight is 397 g/mol. The molecule has 0 amide bonds. The first-order valence-corrected chi connectivity index (χ1v) is 9.42. The Labute approximate surface area is 169 Å². The van der Waals surface area contributed by atoms with E-state index in [0.717, 1.165) is 16.7 Å². The summed E-state index contributed by atoms with van der Waals surface area (Å²) in [7, 11) is 0. The zero-order valence-corrected chi connectivity index (χ0v) is 16.3. The van der Waals surface area contributed by atoms with E-state index in [1.165, 1.54) is 0 Å². The van der Waals surface area contributed by atoms with Crippen LogP contribution < -0.4 is 4.74 Å². The highest BCUT2D eigenvalue weighted by atomic mass is 35.5. The molecule has 0 atom stereocenters. The van der Waals surface area contributed by atoms with Crippen molar-refractivity contribution in [2.45, 2.75) is 6.92 Å². The van der Waals surface area contributed by atoms with Crippen molar-refractivity contribution in [2.75, 3.05) is 19.8 Å². The smallest absolute Gasteiger partial charge is 0.338 e. The van der Waals surface area contributed by atoms with Gasteiger partial charge in [0.15, 0.2) is 0 Å². The van der Waals surface area contributed by atoms with Crippen LogP contribution in [-0.2, 0) is 4.74 Å². The molecule has 0 unspecified atom stereocenters. The van der Waals surface area contributed by atoms with Crippen LogP contribution in [0.5, 0.6) is 5.75 Å². The SMILES string of the molecule is CCOC(=O)c1cc(-c2ccccc2)c(OCCO)c(-c2cccc(Cl)c2)c1. The van der Waals surface area contributed by atoms with Crippen LogP contribution in [0.25, 0.3) is 22.3 Å². The Morgan fingerprint density at radius 2 is 1.64 bits per heavy atom. The van der Waals surface area contributed by atoms with E-state index < -0.39 is 5.97 Å². The van der Waals surface area contributed by atoms with Crippen LogP contribution in [0.4, 0.5) is 0 Å². The molecule has 0 radical (unpaired) electrons. The average Bonchev–Trinajstić information content (AvgIpc) is 2.72. The third-order valence-corrected chi connectivity index (χ3v) is 4.39. The molecule has 1 N–H and O–H groups in total. The van der Waals surface area contributed by atoms with E-state index in [-0.39, 0.29) is 19.8 Å². The molecule has 0 aromatic heterocycles. The number of carbonyl (C=O) groups excluding carboxylic acids is 1. The molecule has 0 heterocycles. The lowest BCUT2D eigenvalue weighted by Gasteiger charge is -2.18. The van der Waals surface area contributed by atoms with Gasteiger partial charge in [-0.3, -0.25) is 0 Å². The zero-order valence-electron chi connectivity index (χ0n) is 15.5. The number of carbonyl (C=O) groups is 1. The van der Waals surface area contributed by atoms with Gasteiger partial charge in [0.05, 0.1) is 18.8 Å². The predicted octanol–water partition coefficient (Wildman–Crippen LogP) is 5.22. The molecule has 3 rings (SSSR count). The standard InChI is InChI=1S/C23H21ClO4/c1-2-27-23(26)18-14-20(16-7-4-3-5-8-16)22(28-12-11-25)21(15-18)17-9-6-10-19(24)13-17/h3-10,13-15,25H,2,11-12H2,1H3. The molecule has 144 valence electrons. The molecule has 0 saturated carbocycles. The van der Waals surface area contributed by atoms with Gasteiger partial charge in [0, 0.05) is 16.1 Å². The second-order valence-corrected chi connectivity index (χ2v) is 6.51. The highest BCUT2D eigenvalue weighted by Gasteiger charge is 2.19. The van der Waals surface area contributed by atoms with Gasteiger partial charge in [-0.15, -0.1) is 0 Å². The van der Waals surface area contributed by atoms with Crippen molar-refractivity contribution in [3.8, 4) is 28.0 Å². The Balaban J connectivity index is 2.27. The number of aliphatic hydroxyl groups excluding tert-OH is 1. The van der Waals surface area contributed by atoms with Gasteiger partial charge >= 0.3 is 5.97 Å². The van der Waals surface area contributed by atoms with Crippen molar-refractivity contribution in [3.63, 3.8) is 0 Å². The third kappa shape index (κ3) is 4.53. The number of ether oxygens (including phenoxy) is 2. The Hall–Kier alpha value is -2.82. The molecular weight excluding hydrogens is 376 g/mol. The maximum Gasteiger partial charge on any atom is 0.338 e. The van der Waals surface area contributed by atoms with E-state index in [1.807, 2.05) is 48.5 Å². The van der Waals surface area contributed by atoms with Gasteiger partial charge in [0.1, 0.15) is 12.4 Å². The lowest BCUT2D eigenvalue weighted by molar-refractivity contribution is 0.0526. The number of hydrogen-bond acceptors (Lipinski definition) is 4. The van der Waals surface area contributed by atoms with Crippen LogP contribution in [0.2, 0.25) is 5.02 Å². The first-order chi connectivity index (χ1) is 13.6. The van der Waals surface area contributed by atoms with E-state index in [1.54, 1.807) is 25.1 Å². The lowest BCUT2D eigenvalue weighted by atomic mass is 9.94. The highest BCUT2D eigenvalue weighted by molar-refractivity contribution is 6.30. The van der Waals surface area contributed by atoms with E-state index in [9.17, 15) is 9.90 Å². The van der Waals surface area contributed by atoms with E-state index >= 15 is 0 Å². The Morgan fingerprint density at radius 3 is 2.29 bits per heavy atom. The van der Waals surface area contributed by atoms with Crippen LogP contribution in [-0.4, -0.2) is 30.9 Å². The van der Waals surface area contributed by atoms with Gasteiger partial charge < -0.3 is 14.6 Å². The second-order valence-electron chi connectivity index (χ2n) is 6.07. The summed E-state index contributed by atoms with van der Waals surface area (Å²) in [4.78, 5) is 12.5. The molecule has 0 aliphatic carbocycles. The minimum atomic E-state index is -0.406. The molecule has 3 aromatic rings. The van der Waals surface area contributed by atoms with Crippen molar-refractivity contribution in [1.29, 1.82) is 0 Å². The summed E-state index contributed by atoms with van der Waals surface area (Å²) >= 11 is 6.19. The molecule has 0 aliphatic rings. The summed E-state index contributed by atoms with van der Waals surface area (Å²) in [5, 5.41) is 9.86. The first-order valence-electron chi connectivity index (χ1n) is 9.04. The highest BCUT2D eigenvalue weighted by Crippen LogP contribution is 2.41.